The van der Waals surface area contributed by atoms with Crippen LogP contribution in [0.2, 0.25) is 0 Å². The summed E-state index contributed by atoms with van der Waals surface area (Å²) >= 11 is 0. The number of anilines is 1. The molecule has 0 bridgehead atoms. The van der Waals surface area contributed by atoms with Gasteiger partial charge >= 0.3 is 11.7 Å². The van der Waals surface area contributed by atoms with Gasteiger partial charge in [-0.2, -0.15) is 5.10 Å². The number of carbonyl (C=O) groups is 1. The lowest BCUT2D eigenvalue weighted by Gasteiger charge is -2.21. The SMILES string of the molecule is CCn1nc(C)c([N+](=O)[O-])c1N1CCC(N)(C(=O)O)C1. The molecule has 2 rings (SSSR count). The number of hydrogen-bond donors (Lipinski definition) is 2. The molecule has 1 fully saturated rings. The van der Waals surface area contributed by atoms with E-state index in [0.717, 1.165) is 0 Å². The lowest BCUT2D eigenvalue weighted by atomic mass is 10.0. The van der Waals surface area contributed by atoms with Gasteiger partial charge in [-0.05, 0) is 20.3 Å². The first-order chi connectivity index (χ1) is 9.30. The number of nitrogens with two attached hydrogens (primary N) is 1. The number of hydrogen-bond acceptors (Lipinski definition) is 6. The molecular formula is C11H17N5O4. The Balaban J connectivity index is 2.44. The van der Waals surface area contributed by atoms with Crippen molar-refractivity contribution in [1.82, 2.24) is 9.78 Å². The first kappa shape index (κ1) is 14.3. The third-order valence-corrected chi connectivity index (χ3v) is 3.58. The summed E-state index contributed by atoms with van der Waals surface area (Å²) in [6, 6.07) is 0. The Kier molecular flexibility index (Phi) is 3.38. The van der Waals surface area contributed by atoms with Crippen LogP contribution in [0, 0.1) is 17.0 Å². The highest BCUT2D eigenvalue weighted by Gasteiger charge is 2.44. The fourth-order valence-electron chi connectivity index (χ4n) is 2.50. The van der Waals surface area contributed by atoms with Crippen molar-refractivity contribution >= 4 is 17.5 Å². The number of carboxylic acid groups (broad SMARTS) is 1. The molecule has 0 aromatic carbocycles. The second-order valence-electron chi connectivity index (χ2n) is 4.96. The lowest BCUT2D eigenvalue weighted by molar-refractivity contribution is -0.384. The van der Waals surface area contributed by atoms with Crippen molar-refractivity contribution in [3.63, 3.8) is 0 Å². The molecule has 1 aliphatic heterocycles. The zero-order valence-electron chi connectivity index (χ0n) is 11.4. The topological polar surface area (TPSA) is 128 Å². The van der Waals surface area contributed by atoms with Crippen molar-refractivity contribution in [2.45, 2.75) is 32.4 Å². The molecule has 0 radical (unpaired) electrons. The van der Waals surface area contributed by atoms with Crippen LogP contribution in [0.5, 0.6) is 0 Å². The van der Waals surface area contributed by atoms with Crippen LogP contribution in [-0.2, 0) is 11.3 Å². The van der Waals surface area contributed by atoms with Crippen LogP contribution in [0.25, 0.3) is 0 Å². The molecule has 1 aromatic rings. The largest absolute Gasteiger partial charge is 0.480 e. The Morgan fingerprint density at radius 1 is 1.65 bits per heavy atom. The molecule has 0 saturated carbocycles. The van der Waals surface area contributed by atoms with Gasteiger partial charge in [-0.3, -0.25) is 14.9 Å². The van der Waals surface area contributed by atoms with E-state index in [0.29, 0.717) is 24.6 Å². The minimum Gasteiger partial charge on any atom is -0.480 e. The minimum atomic E-state index is -1.37. The molecule has 1 atom stereocenters. The van der Waals surface area contributed by atoms with E-state index >= 15 is 0 Å². The third-order valence-electron chi connectivity index (χ3n) is 3.58. The van der Waals surface area contributed by atoms with E-state index < -0.39 is 16.4 Å². The van der Waals surface area contributed by atoms with Gasteiger partial charge in [0.15, 0.2) is 0 Å². The quantitative estimate of drug-likeness (QED) is 0.593. The molecule has 1 unspecified atom stereocenters. The first-order valence-corrected chi connectivity index (χ1v) is 6.29. The third kappa shape index (κ3) is 2.09. The van der Waals surface area contributed by atoms with Crippen molar-refractivity contribution in [2.75, 3.05) is 18.0 Å². The maximum atomic E-state index is 11.2. The van der Waals surface area contributed by atoms with Crippen LogP contribution in [0.4, 0.5) is 11.5 Å². The predicted molar refractivity (Wildman–Crippen MR) is 70.7 cm³/mol. The summed E-state index contributed by atoms with van der Waals surface area (Å²) in [5, 5.41) is 24.5. The molecule has 20 heavy (non-hydrogen) atoms. The molecule has 9 nitrogen and oxygen atoms in total. The normalized spacial score (nSPS) is 22.2. The van der Waals surface area contributed by atoms with E-state index in [2.05, 4.69) is 5.10 Å². The number of nitro groups is 1. The smallest absolute Gasteiger partial charge is 0.333 e. The number of nitrogens with zero attached hydrogens (tertiary/aromatic N) is 4. The fourth-order valence-corrected chi connectivity index (χ4v) is 2.50. The molecule has 2 heterocycles. The zero-order chi connectivity index (χ0) is 15.1. The van der Waals surface area contributed by atoms with Crippen LogP contribution in [0.1, 0.15) is 19.0 Å². The molecule has 0 amide bonds. The summed E-state index contributed by atoms with van der Waals surface area (Å²) in [6.07, 6.45) is 0.243. The zero-order valence-corrected chi connectivity index (χ0v) is 11.4. The van der Waals surface area contributed by atoms with Crippen LogP contribution in [-0.4, -0.2) is 44.4 Å². The standard InChI is InChI=1S/C11H17N5O4/c1-3-15-9(8(16(19)20)7(2)13-15)14-5-4-11(12,6-14)10(17)18/h3-6,12H2,1-2H3,(H,17,18). The highest BCUT2D eigenvalue weighted by Crippen LogP contribution is 2.35. The minimum absolute atomic E-state index is 0.0360. The Morgan fingerprint density at radius 3 is 2.75 bits per heavy atom. The van der Waals surface area contributed by atoms with Crippen molar-refractivity contribution in [3.05, 3.63) is 15.8 Å². The van der Waals surface area contributed by atoms with Gasteiger partial charge in [0.1, 0.15) is 11.2 Å². The molecule has 9 heteroatoms. The average Bonchev–Trinajstić information content (AvgIpc) is 2.90. The van der Waals surface area contributed by atoms with Gasteiger partial charge in [0.05, 0.1) is 4.92 Å². The van der Waals surface area contributed by atoms with Gasteiger partial charge in [0.25, 0.3) is 0 Å². The Labute approximate surface area is 115 Å². The average molecular weight is 283 g/mol. The van der Waals surface area contributed by atoms with Crippen LogP contribution in [0.3, 0.4) is 0 Å². The first-order valence-electron chi connectivity index (χ1n) is 6.29. The fraction of sp³-hybridized carbons (Fsp3) is 0.636. The van der Waals surface area contributed by atoms with Gasteiger partial charge < -0.3 is 15.7 Å². The Bertz CT molecular complexity index is 569. The number of aromatic nitrogens is 2. The highest BCUT2D eigenvalue weighted by atomic mass is 16.6. The van der Waals surface area contributed by atoms with E-state index in [1.807, 2.05) is 6.92 Å². The summed E-state index contributed by atoms with van der Waals surface area (Å²) in [7, 11) is 0. The Hall–Kier alpha value is -2.16. The number of rotatable bonds is 4. The maximum absolute atomic E-state index is 11.2. The maximum Gasteiger partial charge on any atom is 0.333 e. The van der Waals surface area contributed by atoms with Gasteiger partial charge in [-0.25, -0.2) is 4.68 Å². The summed E-state index contributed by atoms with van der Waals surface area (Å²) < 4.78 is 1.51. The molecular weight excluding hydrogens is 266 g/mol. The molecule has 110 valence electrons. The van der Waals surface area contributed by atoms with E-state index in [9.17, 15) is 14.9 Å². The number of aliphatic carboxylic acids is 1. The molecule has 0 aliphatic carbocycles. The van der Waals surface area contributed by atoms with E-state index in [1.54, 1.807) is 11.8 Å². The predicted octanol–water partition coefficient (Wildman–Crippen LogP) is 0.112. The molecule has 1 aromatic heterocycles. The van der Waals surface area contributed by atoms with E-state index in [-0.39, 0.29) is 18.7 Å². The molecule has 3 N–H and O–H groups in total. The number of carboxylic acids is 1. The van der Waals surface area contributed by atoms with Crippen LogP contribution >= 0.6 is 0 Å². The molecule has 1 aliphatic rings. The number of aryl methyl sites for hydroxylation is 2. The van der Waals surface area contributed by atoms with Gasteiger partial charge in [-0.1, -0.05) is 0 Å². The highest BCUT2D eigenvalue weighted by molar-refractivity contribution is 5.81. The second-order valence-corrected chi connectivity index (χ2v) is 4.96. The van der Waals surface area contributed by atoms with E-state index in [4.69, 9.17) is 10.8 Å². The lowest BCUT2D eigenvalue weighted by Crippen LogP contribution is -2.50. The summed E-state index contributed by atoms with van der Waals surface area (Å²) in [5.74, 6) is -0.759. The van der Waals surface area contributed by atoms with Crippen LogP contribution in [0.15, 0.2) is 0 Å². The Morgan fingerprint density at radius 2 is 2.30 bits per heavy atom. The van der Waals surface area contributed by atoms with Gasteiger partial charge in [-0.15, -0.1) is 0 Å². The summed E-state index contributed by atoms with van der Waals surface area (Å²) in [4.78, 5) is 23.5. The molecule has 1 saturated heterocycles. The van der Waals surface area contributed by atoms with Gasteiger partial charge in [0, 0.05) is 19.6 Å². The van der Waals surface area contributed by atoms with E-state index in [1.165, 1.54) is 4.68 Å². The molecule has 0 spiro atoms. The van der Waals surface area contributed by atoms with Crippen molar-refractivity contribution < 1.29 is 14.8 Å². The van der Waals surface area contributed by atoms with Crippen molar-refractivity contribution in [2.24, 2.45) is 5.73 Å². The van der Waals surface area contributed by atoms with Crippen LogP contribution < -0.4 is 10.6 Å². The monoisotopic (exact) mass is 283 g/mol. The summed E-state index contributed by atoms with van der Waals surface area (Å²) in [6.45, 7) is 4.24. The second kappa shape index (κ2) is 4.75. The van der Waals surface area contributed by atoms with Crippen molar-refractivity contribution in [3.8, 4) is 0 Å². The van der Waals surface area contributed by atoms with Crippen molar-refractivity contribution in [1.29, 1.82) is 0 Å². The van der Waals surface area contributed by atoms with Gasteiger partial charge in [0.2, 0.25) is 5.82 Å². The summed E-state index contributed by atoms with van der Waals surface area (Å²) in [5.41, 5.74) is 4.68.